The lowest BCUT2D eigenvalue weighted by molar-refractivity contribution is 0.0509. The van der Waals surface area contributed by atoms with Gasteiger partial charge in [-0.2, -0.15) is 0 Å². The van der Waals surface area contributed by atoms with Crippen LogP contribution < -0.4 is 0 Å². The van der Waals surface area contributed by atoms with Crippen LogP contribution >= 0.6 is 11.6 Å². The highest BCUT2D eigenvalue weighted by molar-refractivity contribution is 6.30. The fourth-order valence-corrected chi connectivity index (χ4v) is 3.36. The maximum Gasteiger partial charge on any atom is 0.289 e. The molecule has 0 N–H and O–H groups in total. The van der Waals surface area contributed by atoms with Crippen molar-refractivity contribution in [1.82, 2.24) is 19.4 Å². The molecule has 7 nitrogen and oxygen atoms in total. The van der Waals surface area contributed by atoms with E-state index in [0.717, 1.165) is 5.56 Å². The highest BCUT2D eigenvalue weighted by Crippen LogP contribution is 2.14. The molecule has 3 aromatic rings. The first kappa shape index (κ1) is 18.3. The van der Waals surface area contributed by atoms with Gasteiger partial charge < -0.3 is 18.8 Å². The van der Waals surface area contributed by atoms with E-state index in [1.807, 2.05) is 28.8 Å². The number of carbonyl (C=O) groups excluding carboxylic acids is 2. The van der Waals surface area contributed by atoms with E-state index in [1.54, 1.807) is 34.3 Å². The van der Waals surface area contributed by atoms with E-state index in [0.29, 0.717) is 49.3 Å². The van der Waals surface area contributed by atoms with Gasteiger partial charge in [-0.05, 0) is 29.8 Å². The summed E-state index contributed by atoms with van der Waals surface area (Å²) in [6, 6.07) is 10.8. The number of hydrogen-bond acceptors (Lipinski definition) is 4. The summed E-state index contributed by atoms with van der Waals surface area (Å²) in [7, 11) is 0. The van der Waals surface area contributed by atoms with Gasteiger partial charge in [0, 0.05) is 50.1 Å². The molecule has 28 heavy (non-hydrogen) atoms. The van der Waals surface area contributed by atoms with Gasteiger partial charge in [0.25, 0.3) is 11.8 Å². The Morgan fingerprint density at radius 1 is 1.00 bits per heavy atom. The Balaban J connectivity index is 1.40. The van der Waals surface area contributed by atoms with Crippen LogP contribution in [0.4, 0.5) is 0 Å². The number of carbonyl (C=O) groups is 2. The minimum Gasteiger partial charge on any atom is -0.459 e. The van der Waals surface area contributed by atoms with E-state index in [-0.39, 0.29) is 11.8 Å². The molecule has 3 heterocycles. The molecule has 0 atom stereocenters. The van der Waals surface area contributed by atoms with Gasteiger partial charge in [0.2, 0.25) is 0 Å². The van der Waals surface area contributed by atoms with Gasteiger partial charge in [-0.15, -0.1) is 0 Å². The normalized spacial score (nSPS) is 14.3. The monoisotopic (exact) mass is 398 g/mol. The van der Waals surface area contributed by atoms with Crippen molar-refractivity contribution < 1.29 is 14.0 Å². The second-order valence-electron chi connectivity index (χ2n) is 6.57. The molecule has 1 aromatic carbocycles. The molecule has 1 aliphatic heterocycles. The van der Waals surface area contributed by atoms with Crippen LogP contribution in [0, 0.1) is 0 Å². The minimum absolute atomic E-state index is 0.135. The number of amides is 2. The number of furan rings is 1. The first-order chi connectivity index (χ1) is 13.6. The standard InChI is InChI=1S/C20H19ClN4O3/c21-16-5-3-15(4-6-16)14-25-8-7-22-18(25)20(27)24-11-9-23(10-12-24)19(26)17-2-1-13-28-17/h1-8,13H,9-12,14H2. The van der Waals surface area contributed by atoms with Crippen LogP contribution in [0.3, 0.4) is 0 Å². The molecule has 0 bridgehead atoms. The summed E-state index contributed by atoms with van der Waals surface area (Å²) < 4.78 is 6.99. The number of nitrogens with zero attached hydrogens (tertiary/aromatic N) is 4. The number of halogens is 1. The van der Waals surface area contributed by atoms with Crippen molar-refractivity contribution in [3.63, 3.8) is 0 Å². The Bertz CT molecular complexity index is 958. The van der Waals surface area contributed by atoms with E-state index in [2.05, 4.69) is 4.98 Å². The zero-order valence-corrected chi connectivity index (χ0v) is 15.9. The van der Waals surface area contributed by atoms with Gasteiger partial charge in [0.05, 0.1) is 6.26 Å². The first-order valence-corrected chi connectivity index (χ1v) is 9.37. The summed E-state index contributed by atoms with van der Waals surface area (Å²) >= 11 is 5.93. The van der Waals surface area contributed by atoms with Crippen LogP contribution in [0.2, 0.25) is 5.02 Å². The SMILES string of the molecule is O=C(c1ccco1)N1CCN(C(=O)c2nccn2Cc2ccc(Cl)cc2)CC1. The lowest BCUT2D eigenvalue weighted by Gasteiger charge is -2.34. The second-order valence-corrected chi connectivity index (χ2v) is 7.00. The van der Waals surface area contributed by atoms with Crippen molar-refractivity contribution in [2.45, 2.75) is 6.54 Å². The van der Waals surface area contributed by atoms with Gasteiger partial charge in [-0.1, -0.05) is 23.7 Å². The summed E-state index contributed by atoms with van der Waals surface area (Å²) in [4.78, 5) is 33.0. The van der Waals surface area contributed by atoms with E-state index < -0.39 is 0 Å². The van der Waals surface area contributed by atoms with E-state index in [1.165, 1.54) is 6.26 Å². The molecule has 1 aliphatic rings. The second kappa shape index (κ2) is 7.90. The molecule has 0 saturated carbocycles. The fourth-order valence-electron chi connectivity index (χ4n) is 3.23. The van der Waals surface area contributed by atoms with Crippen molar-refractivity contribution in [3.8, 4) is 0 Å². The molecule has 1 saturated heterocycles. The Hall–Kier alpha value is -3.06. The number of piperazine rings is 1. The molecule has 8 heteroatoms. The maximum atomic E-state index is 12.9. The highest BCUT2D eigenvalue weighted by atomic mass is 35.5. The average molecular weight is 399 g/mol. The molecule has 0 radical (unpaired) electrons. The third-order valence-corrected chi connectivity index (χ3v) is 5.01. The van der Waals surface area contributed by atoms with Crippen LogP contribution in [0.15, 0.2) is 59.5 Å². The highest BCUT2D eigenvalue weighted by Gasteiger charge is 2.28. The molecule has 4 rings (SSSR count). The van der Waals surface area contributed by atoms with Gasteiger partial charge in [0.1, 0.15) is 0 Å². The predicted octanol–water partition coefficient (Wildman–Crippen LogP) is 2.78. The predicted molar refractivity (Wildman–Crippen MR) is 103 cm³/mol. The van der Waals surface area contributed by atoms with Gasteiger partial charge in [-0.3, -0.25) is 9.59 Å². The van der Waals surface area contributed by atoms with Crippen molar-refractivity contribution in [2.75, 3.05) is 26.2 Å². The number of rotatable bonds is 4. The fraction of sp³-hybridized carbons (Fsp3) is 0.250. The third kappa shape index (κ3) is 3.80. The minimum atomic E-state index is -0.152. The van der Waals surface area contributed by atoms with E-state index in [4.69, 9.17) is 16.0 Å². The van der Waals surface area contributed by atoms with Gasteiger partial charge in [0.15, 0.2) is 11.6 Å². The van der Waals surface area contributed by atoms with Crippen LogP contribution in [0.5, 0.6) is 0 Å². The molecule has 0 spiro atoms. The zero-order valence-electron chi connectivity index (χ0n) is 15.1. The molecule has 0 aliphatic carbocycles. The lowest BCUT2D eigenvalue weighted by Crippen LogP contribution is -2.51. The number of imidazole rings is 1. The number of hydrogen-bond donors (Lipinski definition) is 0. The molecule has 2 amide bonds. The van der Waals surface area contributed by atoms with Crippen LogP contribution in [0.25, 0.3) is 0 Å². The number of benzene rings is 1. The Morgan fingerprint density at radius 3 is 2.32 bits per heavy atom. The topological polar surface area (TPSA) is 71.6 Å². The van der Waals surface area contributed by atoms with Gasteiger partial charge in [-0.25, -0.2) is 4.98 Å². The van der Waals surface area contributed by atoms with Crippen molar-refractivity contribution in [2.24, 2.45) is 0 Å². The smallest absolute Gasteiger partial charge is 0.289 e. The van der Waals surface area contributed by atoms with E-state index >= 15 is 0 Å². The van der Waals surface area contributed by atoms with Crippen LogP contribution in [-0.2, 0) is 6.54 Å². The molecular formula is C20H19ClN4O3. The lowest BCUT2D eigenvalue weighted by atomic mass is 10.2. The maximum absolute atomic E-state index is 12.9. The first-order valence-electron chi connectivity index (χ1n) is 8.99. The Labute approximate surface area is 167 Å². The Kier molecular flexibility index (Phi) is 5.16. The van der Waals surface area contributed by atoms with Crippen LogP contribution in [-0.4, -0.2) is 57.3 Å². The molecule has 2 aromatic heterocycles. The summed E-state index contributed by atoms with van der Waals surface area (Å²) in [5, 5.41) is 0.674. The van der Waals surface area contributed by atoms with Crippen molar-refractivity contribution >= 4 is 23.4 Å². The summed E-state index contributed by atoms with van der Waals surface area (Å²) in [6.45, 7) is 2.37. The summed E-state index contributed by atoms with van der Waals surface area (Å²) in [5.74, 6) is 0.421. The molecule has 0 unspecified atom stereocenters. The number of aromatic nitrogens is 2. The average Bonchev–Trinajstić information content (AvgIpc) is 3.41. The quantitative estimate of drug-likeness (QED) is 0.677. The largest absolute Gasteiger partial charge is 0.459 e. The summed E-state index contributed by atoms with van der Waals surface area (Å²) in [5.41, 5.74) is 1.03. The van der Waals surface area contributed by atoms with E-state index in [9.17, 15) is 9.59 Å². The zero-order chi connectivity index (χ0) is 19.5. The molecule has 1 fully saturated rings. The molecular weight excluding hydrogens is 380 g/mol. The molecule has 144 valence electrons. The third-order valence-electron chi connectivity index (χ3n) is 4.76. The van der Waals surface area contributed by atoms with Crippen molar-refractivity contribution in [3.05, 3.63) is 77.2 Å². The summed E-state index contributed by atoms with van der Waals surface area (Å²) in [6.07, 6.45) is 4.89. The van der Waals surface area contributed by atoms with Crippen LogP contribution in [0.1, 0.15) is 26.7 Å². The Morgan fingerprint density at radius 2 is 1.68 bits per heavy atom. The van der Waals surface area contributed by atoms with Crippen molar-refractivity contribution in [1.29, 1.82) is 0 Å². The van der Waals surface area contributed by atoms with Gasteiger partial charge >= 0.3 is 0 Å².